The molecule has 0 amide bonds. The minimum absolute atomic E-state index is 0.0639. The molecule has 0 saturated heterocycles. The van der Waals surface area contributed by atoms with Crippen LogP contribution >= 0.6 is 0 Å². The van der Waals surface area contributed by atoms with Crippen molar-refractivity contribution in [1.82, 2.24) is 9.97 Å². The molecular weight excluding hydrogens is 225 g/mol. The molecule has 0 unspecified atom stereocenters. The first-order chi connectivity index (χ1) is 7.46. The van der Waals surface area contributed by atoms with Crippen LogP contribution in [0.2, 0.25) is 0 Å². The number of carbonyl (C=O) groups excluding carboxylic acids is 1. The highest BCUT2D eigenvalue weighted by molar-refractivity contribution is 5.58. The van der Waals surface area contributed by atoms with E-state index in [9.17, 15) is 22.8 Å². The summed E-state index contributed by atoms with van der Waals surface area (Å²) in [6, 6.07) is 0. The molecule has 4 nitrogen and oxygen atoms in total. The zero-order valence-corrected chi connectivity index (χ0v) is 7.91. The van der Waals surface area contributed by atoms with Crippen molar-refractivity contribution in [2.45, 2.75) is 12.6 Å². The monoisotopic (exact) mass is 232 g/mol. The van der Waals surface area contributed by atoms with E-state index in [0.29, 0.717) is 12.6 Å². The van der Waals surface area contributed by atoms with Crippen LogP contribution in [-0.2, 0) is 11.0 Å². The van der Waals surface area contributed by atoms with Crippen molar-refractivity contribution in [1.29, 1.82) is 0 Å². The van der Waals surface area contributed by atoms with Gasteiger partial charge in [-0.05, 0) is 0 Å². The zero-order chi connectivity index (χ0) is 12.2. The quantitative estimate of drug-likeness (QED) is 0.801. The van der Waals surface area contributed by atoms with E-state index in [0.717, 1.165) is 12.2 Å². The molecule has 7 heteroatoms. The van der Waals surface area contributed by atoms with Gasteiger partial charge in [0.05, 0.1) is 11.9 Å². The minimum Gasteiger partial charge on any atom is -0.313 e. The van der Waals surface area contributed by atoms with Crippen LogP contribution in [0.3, 0.4) is 0 Å². The second-order valence-electron chi connectivity index (χ2n) is 2.80. The van der Waals surface area contributed by atoms with Crippen molar-refractivity contribution >= 4 is 12.4 Å². The fourth-order valence-corrected chi connectivity index (χ4v) is 1.03. The maximum Gasteiger partial charge on any atom is 0.434 e. The molecule has 0 spiro atoms. The van der Waals surface area contributed by atoms with Gasteiger partial charge in [-0.3, -0.25) is 4.79 Å². The van der Waals surface area contributed by atoms with Crippen LogP contribution in [0.15, 0.2) is 17.2 Å². The van der Waals surface area contributed by atoms with E-state index in [1.165, 1.54) is 0 Å². The third kappa shape index (κ3) is 2.78. The number of aldehydes is 1. The Hall–Kier alpha value is -1.92. The highest BCUT2D eigenvalue weighted by Crippen LogP contribution is 2.28. The van der Waals surface area contributed by atoms with Gasteiger partial charge in [-0.15, -0.1) is 0 Å². The van der Waals surface area contributed by atoms with E-state index in [1.807, 2.05) is 4.98 Å². The number of alkyl halides is 3. The van der Waals surface area contributed by atoms with Crippen molar-refractivity contribution in [2.75, 3.05) is 0 Å². The molecule has 1 rings (SSSR count). The molecule has 1 N–H and O–H groups in total. The van der Waals surface area contributed by atoms with Gasteiger partial charge in [-0.25, -0.2) is 4.98 Å². The van der Waals surface area contributed by atoms with Crippen LogP contribution in [0.1, 0.15) is 17.7 Å². The molecule has 16 heavy (non-hydrogen) atoms. The number of carbonyl (C=O) groups is 1. The number of allylic oxidation sites excluding steroid dienone is 1. The first-order valence-electron chi connectivity index (χ1n) is 4.22. The normalized spacial score (nSPS) is 11.9. The summed E-state index contributed by atoms with van der Waals surface area (Å²) < 4.78 is 37.3. The number of aromatic amines is 1. The lowest BCUT2D eigenvalue weighted by atomic mass is 10.2. The summed E-state index contributed by atoms with van der Waals surface area (Å²) in [5, 5.41) is 0. The van der Waals surface area contributed by atoms with Crippen LogP contribution < -0.4 is 5.56 Å². The number of hydrogen-bond donors (Lipinski definition) is 1. The fraction of sp³-hybridized carbons (Fsp3) is 0.222. The number of rotatable bonds is 3. The Morgan fingerprint density at radius 3 is 2.69 bits per heavy atom. The van der Waals surface area contributed by atoms with Gasteiger partial charge in [0, 0.05) is 6.42 Å². The topological polar surface area (TPSA) is 62.8 Å². The summed E-state index contributed by atoms with van der Waals surface area (Å²) in [5.74, 6) is 0. The number of aromatic nitrogens is 2. The van der Waals surface area contributed by atoms with Gasteiger partial charge in [0.2, 0.25) is 0 Å². The summed E-state index contributed by atoms with van der Waals surface area (Å²) in [5.41, 5.74) is -2.76. The van der Waals surface area contributed by atoms with Gasteiger partial charge in [0.25, 0.3) is 5.56 Å². The lowest BCUT2D eigenvalue weighted by molar-refractivity contribution is -0.141. The van der Waals surface area contributed by atoms with Crippen molar-refractivity contribution in [3.05, 3.63) is 34.0 Å². The molecule has 1 aromatic heterocycles. The smallest absolute Gasteiger partial charge is 0.313 e. The van der Waals surface area contributed by atoms with Crippen molar-refractivity contribution in [3.63, 3.8) is 0 Å². The first-order valence-corrected chi connectivity index (χ1v) is 4.22. The summed E-state index contributed by atoms with van der Waals surface area (Å²) in [6.07, 6.45) is -1.48. The Balaban J connectivity index is 3.24. The van der Waals surface area contributed by atoms with E-state index in [4.69, 9.17) is 0 Å². The van der Waals surface area contributed by atoms with Gasteiger partial charge in [0.1, 0.15) is 6.29 Å². The number of nitrogens with one attached hydrogen (secondary N) is 1. The SMILES string of the molecule is O=CCC=Cc1c(C(F)(F)F)nc[nH]c1=O. The van der Waals surface area contributed by atoms with Gasteiger partial charge >= 0.3 is 6.18 Å². The van der Waals surface area contributed by atoms with Crippen LogP contribution in [0.5, 0.6) is 0 Å². The summed E-state index contributed by atoms with van der Waals surface area (Å²) in [6.45, 7) is 0. The Labute approximate surface area is 87.8 Å². The molecular formula is C9H7F3N2O2. The highest BCUT2D eigenvalue weighted by atomic mass is 19.4. The average Bonchev–Trinajstić information content (AvgIpc) is 2.19. The Morgan fingerprint density at radius 2 is 2.12 bits per heavy atom. The molecule has 0 bridgehead atoms. The van der Waals surface area contributed by atoms with E-state index in [-0.39, 0.29) is 6.42 Å². The third-order valence-corrected chi connectivity index (χ3v) is 1.67. The van der Waals surface area contributed by atoms with E-state index < -0.39 is 23.0 Å². The maximum absolute atomic E-state index is 12.4. The molecule has 0 fully saturated rings. The molecule has 0 radical (unpaired) electrons. The van der Waals surface area contributed by atoms with Crippen LogP contribution in [-0.4, -0.2) is 16.3 Å². The van der Waals surface area contributed by atoms with Gasteiger partial charge in [0.15, 0.2) is 5.69 Å². The molecule has 0 saturated carbocycles. The summed E-state index contributed by atoms with van der Waals surface area (Å²) >= 11 is 0. The van der Waals surface area contributed by atoms with Crippen molar-refractivity contribution in [2.24, 2.45) is 0 Å². The Morgan fingerprint density at radius 1 is 1.44 bits per heavy atom. The molecule has 86 valence electrons. The fourth-order valence-electron chi connectivity index (χ4n) is 1.03. The second-order valence-corrected chi connectivity index (χ2v) is 2.80. The minimum atomic E-state index is -4.70. The maximum atomic E-state index is 12.4. The molecule has 1 aromatic rings. The number of hydrogen-bond acceptors (Lipinski definition) is 3. The van der Waals surface area contributed by atoms with Gasteiger partial charge in [-0.2, -0.15) is 13.2 Å². The van der Waals surface area contributed by atoms with E-state index in [1.54, 1.807) is 0 Å². The predicted molar refractivity (Wildman–Crippen MR) is 49.6 cm³/mol. The van der Waals surface area contributed by atoms with Gasteiger partial charge in [-0.1, -0.05) is 12.2 Å². The summed E-state index contributed by atoms with van der Waals surface area (Å²) in [4.78, 5) is 26.2. The number of nitrogens with zero attached hydrogens (tertiary/aromatic N) is 1. The average molecular weight is 232 g/mol. The van der Waals surface area contributed by atoms with Crippen molar-refractivity contribution in [3.8, 4) is 0 Å². The lowest BCUT2D eigenvalue weighted by Gasteiger charge is -2.07. The first kappa shape index (κ1) is 12.2. The number of H-pyrrole nitrogens is 1. The zero-order valence-electron chi connectivity index (χ0n) is 7.91. The number of halogens is 3. The standard InChI is InChI=1S/C9H7F3N2O2/c10-9(11,12)7-6(3-1-2-4-15)8(16)14-5-13-7/h1,3-5H,2H2,(H,13,14,16). The lowest BCUT2D eigenvalue weighted by Crippen LogP contribution is -2.20. The molecule has 0 aliphatic carbocycles. The predicted octanol–water partition coefficient (Wildman–Crippen LogP) is 1.39. The van der Waals surface area contributed by atoms with Gasteiger partial charge < -0.3 is 9.78 Å². The van der Waals surface area contributed by atoms with E-state index in [2.05, 4.69) is 4.98 Å². The molecule has 0 aliphatic rings. The highest BCUT2D eigenvalue weighted by Gasteiger charge is 2.35. The second kappa shape index (κ2) is 4.73. The van der Waals surface area contributed by atoms with Crippen LogP contribution in [0.25, 0.3) is 6.08 Å². The van der Waals surface area contributed by atoms with E-state index >= 15 is 0 Å². The molecule has 0 atom stereocenters. The van der Waals surface area contributed by atoms with Crippen LogP contribution in [0, 0.1) is 0 Å². The van der Waals surface area contributed by atoms with Crippen molar-refractivity contribution < 1.29 is 18.0 Å². The largest absolute Gasteiger partial charge is 0.434 e. The summed E-state index contributed by atoms with van der Waals surface area (Å²) in [7, 11) is 0. The Kier molecular flexibility index (Phi) is 3.60. The molecule has 0 aromatic carbocycles. The Bertz CT molecular complexity index is 463. The van der Waals surface area contributed by atoms with Crippen LogP contribution in [0.4, 0.5) is 13.2 Å². The third-order valence-electron chi connectivity index (χ3n) is 1.67. The molecule has 0 aliphatic heterocycles. The molecule has 1 heterocycles.